The van der Waals surface area contributed by atoms with Gasteiger partial charge in [0.25, 0.3) is 0 Å². The van der Waals surface area contributed by atoms with E-state index in [4.69, 9.17) is 16.3 Å². The van der Waals surface area contributed by atoms with Crippen molar-refractivity contribution in [1.82, 2.24) is 4.72 Å². The highest BCUT2D eigenvalue weighted by Crippen LogP contribution is 2.27. The third-order valence-corrected chi connectivity index (χ3v) is 5.69. The molecule has 0 amide bonds. The summed E-state index contributed by atoms with van der Waals surface area (Å²) in [6, 6.07) is 4.12. The molecule has 0 bridgehead atoms. The maximum absolute atomic E-state index is 13.1. The molecule has 0 aromatic heterocycles. The lowest BCUT2D eigenvalue weighted by Gasteiger charge is -2.31. The van der Waals surface area contributed by atoms with Crippen molar-refractivity contribution in [2.45, 2.75) is 38.6 Å². The van der Waals surface area contributed by atoms with Crippen LogP contribution in [0.3, 0.4) is 0 Å². The van der Waals surface area contributed by atoms with E-state index in [-0.39, 0.29) is 22.7 Å². The van der Waals surface area contributed by atoms with Gasteiger partial charge in [-0.1, -0.05) is 24.4 Å². The lowest BCUT2D eigenvalue weighted by Crippen LogP contribution is -2.44. The fourth-order valence-corrected chi connectivity index (χ4v) is 3.75. The Morgan fingerprint density at radius 3 is 2.77 bits per heavy atom. The second-order valence-corrected chi connectivity index (χ2v) is 8.01. The van der Waals surface area contributed by atoms with Crippen LogP contribution in [-0.4, -0.2) is 26.8 Å². The highest BCUT2D eigenvalue weighted by molar-refractivity contribution is 7.89. The maximum Gasteiger partial charge on any atom is 0.211 e. The molecule has 4 nitrogen and oxygen atoms in total. The highest BCUT2D eigenvalue weighted by Gasteiger charge is 2.28. The number of hydrogen-bond donors (Lipinski definition) is 1. The SMILES string of the molecule is CCS(=O)(=O)N[C@@H]1CCCC[C@H]1COc1ccc(F)c(Cl)c1. The van der Waals surface area contributed by atoms with Crippen LogP contribution in [0.1, 0.15) is 32.6 Å². The predicted molar refractivity (Wildman–Crippen MR) is 85.2 cm³/mol. The predicted octanol–water partition coefficient (Wildman–Crippen LogP) is 3.36. The zero-order chi connectivity index (χ0) is 16.2. The molecule has 1 aliphatic rings. The van der Waals surface area contributed by atoms with Gasteiger partial charge in [-0.25, -0.2) is 17.5 Å². The molecular formula is C15H21ClFNO3S. The van der Waals surface area contributed by atoms with Crippen molar-refractivity contribution in [2.24, 2.45) is 5.92 Å². The summed E-state index contributed by atoms with van der Waals surface area (Å²) in [5.41, 5.74) is 0. The van der Waals surface area contributed by atoms with E-state index in [0.29, 0.717) is 12.4 Å². The van der Waals surface area contributed by atoms with Gasteiger partial charge in [0.15, 0.2) is 0 Å². The van der Waals surface area contributed by atoms with Gasteiger partial charge in [0.1, 0.15) is 11.6 Å². The number of benzene rings is 1. The Morgan fingerprint density at radius 2 is 2.09 bits per heavy atom. The van der Waals surface area contributed by atoms with E-state index in [0.717, 1.165) is 25.7 Å². The number of nitrogens with one attached hydrogen (secondary N) is 1. The largest absolute Gasteiger partial charge is 0.493 e. The van der Waals surface area contributed by atoms with Crippen LogP contribution >= 0.6 is 11.6 Å². The molecule has 0 spiro atoms. The fraction of sp³-hybridized carbons (Fsp3) is 0.600. The van der Waals surface area contributed by atoms with Crippen LogP contribution < -0.4 is 9.46 Å². The normalized spacial score (nSPS) is 22.5. The number of ether oxygens (including phenoxy) is 1. The number of halogens is 2. The fourth-order valence-electron chi connectivity index (χ4n) is 2.65. The molecule has 2 rings (SSSR count). The average molecular weight is 350 g/mol. The van der Waals surface area contributed by atoms with Crippen molar-refractivity contribution in [2.75, 3.05) is 12.4 Å². The molecule has 1 aliphatic carbocycles. The molecule has 0 saturated heterocycles. The molecule has 2 atom stereocenters. The van der Waals surface area contributed by atoms with Crippen molar-refractivity contribution in [3.8, 4) is 5.75 Å². The molecule has 22 heavy (non-hydrogen) atoms. The molecule has 0 heterocycles. The first-order chi connectivity index (χ1) is 10.4. The van der Waals surface area contributed by atoms with E-state index >= 15 is 0 Å². The van der Waals surface area contributed by atoms with Crippen molar-refractivity contribution in [3.05, 3.63) is 29.0 Å². The Morgan fingerprint density at radius 1 is 1.36 bits per heavy atom. The first-order valence-corrected chi connectivity index (χ1v) is 9.52. The summed E-state index contributed by atoms with van der Waals surface area (Å²) < 4.78 is 45.1. The van der Waals surface area contributed by atoms with Crippen molar-refractivity contribution in [1.29, 1.82) is 0 Å². The quantitative estimate of drug-likeness (QED) is 0.856. The molecule has 1 N–H and O–H groups in total. The second kappa shape index (κ2) is 7.62. The molecule has 1 saturated carbocycles. The summed E-state index contributed by atoms with van der Waals surface area (Å²) in [5, 5.41) is 0.0179. The van der Waals surface area contributed by atoms with Gasteiger partial charge in [0.2, 0.25) is 10.0 Å². The van der Waals surface area contributed by atoms with Gasteiger partial charge in [-0.05, 0) is 31.9 Å². The highest BCUT2D eigenvalue weighted by atomic mass is 35.5. The number of sulfonamides is 1. The Labute approximate surface area is 136 Å². The lowest BCUT2D eigenvalue weighted by atomic mass is 9.86. The molecule has 1 aromatic rings. The summed E-state index contributed by atoms with van der Waals surface area (Å²) in [7, 11) is -3.22. The molecular weight excluding hydrogens is 329 g/mol. The van der Waals surface area contributed by atoms with Gasteiger partial charge in [0, 0.05) is 18.0 Å². The Kier molecular flexibility index (Phi) is 6.06. The maximum atomic E-state index is 13.1. The number of rotatable bonds is 6. The van der Waals surface area contributed by atoms with Crippen LogP contribution in [0.4, 0.5) is 4.39 Å². The van der Waals surface area contributed by atoms with Gasteiger partial charge in [-0.15, -0.1) is 0 Å². The van der Waals surface area contributed by atoms with Gasteiger partial charge in [0.05, 0.1) is 17.4 Å². The molecule has 7 heteroatoms. The summed E-state index contributed by atoms with van der Waals surface area (Å²) >= 11 is 5.72. The zero-order valence-electron chi connectivity index (χ0n) is 12.5. The van der Waals surface area contributed by atoms with Crippen molar-refractivity contribution >= 4 is 21.6 Å². The van der Waals surface area contributed by atoms with Gasteiger partial charge < -0.3 is 4.74 Å². The van der Waals surface area contributed by atoms with E-state index < -0.39 is 15.8 Å². The minimum atomic E-state index is -3.22. The van der Waals surface area contributed by atoms with E-state index in [1.807, 2.05) is 0 Å². The van der Waals surface area contributed by atoms with E-state index in [2.05, 4.69) is 4.72 Å². The molecule has 0 aliphatic heterocycles. The van der Waals surface area contributed by atoms with E-state index in [1.54, 1.807) is 6.92 Å². The van der Waals surface area contributed by atoms with Crippen LogP contribution in [0.15, 0.2) is 18.2 Å². The van der Waals surface area contributed by atoms with Gasteiger partial charge in [-0.2, -0.15) is 0 Å². The van der Waals surface area contributed by atoms with Crippen LogP contribution in [0.25, 0.3) is 0 Å². The Hall–Kier alpha value is -0.850. The average Bonchev–Trinajstić information content (AvgIpc) is 2.49. The minimum absolute atomic E-state index is 0.0179. The van der Waals surface area contributed by atoms with Crippen molar-refractivity contribution in [3.63, 3.8) is 0 Å². The molecule has 1 fully saturated rings. The summed E-state index contributed by atoms with van der Waals surface area (Å²) in [4.78, 5) is 0. The third-order valence-electron chi connectivity index (χ3n) is 3.98. The van der Waals surface area contributed by atoms with Gasteiger partial charge >= 0.3 is 0 Å². The smallest absolute Gasteiger partial charge is 0.211 e. The van der Waals surface area contributed by atoms with E-state index in [9.17, 15) is 12.8 Å². The first kappa shape index (κ1) is 17.5. The second-order valence-electron chi connectivity index (χ2n) is 5.56. The van der Waals surface area contributed by atoms with E-state index in [1.165, 1.54) is 18.2 Å². The summed E-state index contributed by atoms with van der Waals surface area (Å²) in [6.07, 6.45) is 3.79. The van der Waals surface area contributed by atoms with Crippen LogP contribution in [0.5, 0.6) is 5.75 Å². The van der Waals surface area contributed by atoms with Gasteiger partial charge in [-0.3, -0.25) is 0 Å². The number of hydrogen-bond acceptors (Lipinski definition) is 3. The minimum Gasteiger partial charge on any atom is -0.493 e. The first-order valence-electron chi connectivity index (χ1n) is 7.49. The van der Waals surface area contributed by atoms with Crippen LogP contribution in [0, 0.1) is 11.7 Å². The Balaban J connectivity index is 1.97. The van der Waals surface area contributed by atoms with Crippen molar-refractivity contribution < 1.29 is 17.5 Å². The molecule has 124 valence electrons. The monoisotopic (exact) mass is 349 g/mol. The lowest BCUT2D eigenvalue weighted by molar-refractivity contribution is 0.180. The summed E-state index contributed by atoms with van der Waals surface area (Å²) in [5.74, 6) is 0.193. The third kappa shape index (κ3) is 4.83. The topological polar surface area (TPSA) is 55.4 Å². The van der Waals surface area contributed by atoms with Crippen LogP contribution in [-0.2, 0) is 10.0 Å². The standard InChI is InChI=1S/C15H21ClFNO3S/c1-2-22(19,20)18-15-6-4-3-5-11(15)10-21-12-7-8-14(17)13(16)9-12/h7-9,11,15,18H,2-6,10H2,1H3/t11-,15+/m0/s1. The molecule has 0 unspecified atom stereocenters. The van der Waals surface area contributed by atoms with Crippen LogP contribution in [0.2, 0.25) is 5.02 Å². The molecule has 1 aromatic carbocycles. The summed E-state index contributed by atoms with van der Waals surface area (Å²) in [6.45, 7) is 2.01. The zero-order valence-corrected chi connectivity index (χ0v) is 14.1. The Bertz CT molecular complexity index is 609. The molecule has 0 radical (unpaired) electrons.